The first-order valence-corrected chi connectivity index (χ1v) is 11.2. The van der Waals surface area contributed by atoms with Gasteiger partial charge in [-0.2, -0.15) is 0 Å². The van der Waals surface area contributed by atoms with Crippen molar-refractivity contribution in [2.75, 3.05) is 39.0 Å². The first-order valence-electron chi connectivity index (χ1n) is 9.39. The van der Waals surface area contributed by atoms with Crippen LogP contribution in [-0.4, -0.2) is 74.8 Å². The van der Waals surface area contributed by atoms with Crippen molar-refractivity contribution >= 4 is 16.1 Å². The van der Waals surface area contributed by atoms with Crippen LogP contribution in [0.2, 0.25) is 0 Å². The van der Waals surface area contributed by atoms with Crippen LogP contribution in [0.5, 0.6) is 0 Å². The number of nitrogens with zero attached hydrogens (tertiary/aromatic N) is 2. The number of ether oxygens (including phenoxy) is 1. The van der Waals surface area contributed by atoms with Crippen LogP contribution in [0.1, 0.15) is 46.0 Å². The van der Waals surface area contributed by atoms with Crippen LogP contribution in [0.4, 0.5) is 4.79 Å². The molecular weight excluding hydrogens is 342 g/mol. The molecule has 2 heterocycles. The number of likely N-dealkylation sites (tertiary alicyclic amines) is 1. The highest BCUT2D eigenvalue weighted by Crippen LogP contribution is 2.22. The van der Waals surface area contributed by atoms with Gasteiger partial charge in [-0.05, 0) is 38.0 Å². The number of carbonyl (C=O) groups is 1. The Bertz CT molecular complexity index is 522. The lowest BCUT2D eigenvalue weighted by molar-refractivity contribution is -0.0546. The van der Waals surface area contributed by atoms with E-state index in [9.17, 15) is 13.2 Å². The van der Waals surface area contributed by atoms with Gasteiger partial charge in [-0.15, -0.1) is 0 Å². The Morgan fingerprint density at radius 3 is 2.08 bits per heavy atom. The van der Waals surface area contributed by atoms with Gasteiger partial charge in [0.05, 0.1) is 18.5 Å². The molecule has 0 radical (unpaired) electrons. The van der Waals surface area contributed by atoms with E-state index in [4.69, 9.17) is 4.74 Å². The van der Waals surface area contributed by atoms with Crippen molar-refractivity contribution in [2.45, 2.75) is 58.2 Å². The normalized spacial score (nSPS) is 21.7. The van der Waals surface area contributed by atoms with Crippen molar-refractivity contribution in [3.05, 3.63) is 0 Å². The standard InChI is InChI=1S/C17H33N3O4S/c1-14(2)4-9-18-17(21)19-10-5-15(6-11-19)24-16-7-12-20(13-8-16)25(3,22)23/h14-16H,4-13H2,1-3H3,(H,18,21). The molecule has 2 amide bonds. The maximum absolute atomic E-state index is 12.1. The third-order valence-electron chi connectivity index (χ3n) is 4.98. The summed E-state index contributed by atoms with van der Waals surface area (Å²) in [4.78, 5) is 14.0. The number of hydrogen-bond donors (Lipinski definition) is 1. The Hall–Kier alpha value is -0.860. The molecule has 1 N–H and O–H groups in total. The molecule has 25 heavy (non-hydrogen) atoms. The van der Waals surface area contributed by atoms with Crippen LogP contribution >= 0.6 is 0 Å². The molecule has 0 spiro atoms. The van der Waals surface area contributed by atoms with Gasteiger partial charge in [0.25, 0.3) is 0 Å². The van der Waals surface area contributed by atoms with E-state index in [1.54, 1.807) is 0 Å². The molecule has 2 rings (SSSR count). The van der Waals surface area contributed by atoms with Gasteiger partial charge in [-0.3, -0.25) is 0 Å². The number of nitrogens with one attached hydrogen (secondary N) is 1. The van der Waals surface area contributed by atoms with Crippen molar-refractivity contribution in [2.24, 2.45) is 5.92 Å². The summed E-state index contributed by atoms with van der Waals surface area (Å²) >= 11 is 0. The smallest absolute Gasteiger partial charge is 0.317 e. The monoisotopic (exact) mass is 375 g/mol. The summed E-state index contributed by atoms with van der Waals surface area (Å²) in [6.45, 7) is 7.55. The molecule has 2 aliphatic rings. The molecule has 0 aromatic rings. The summed E-state index contributed by atoms with van der Waals surface area (Å²) in [6, 6.07) is 0.0283. The van der Waals surface area contributed by atoms with Crippen LogP contribution in [-0.2, 0) is 14.8 Å². The summed E-state index contributed by atoms with van der Waals surface area (Å²) in [5, 5.41) is 2.98. The minimum Gasteiger partial charge on any atom is -0.375 e. The summed E-state index contributed by atoms with van der Waals surface area (Å²) in [6.07, 6.45) is 5.77. The zero-order valence-electron chi connectivity index (χ0n) is 15.7. The summed E-state index contributed by atoms with van der Waals surface area (Å²) in [5.74, 6) is 0.591. The van der Waals surface area contributed by atoms with E-state index in [0.717, 1.165) is 51.7 Å². The fourth-order valence-electron chi connectivity index (χ4n) is 3.35. The third kappa shape index (κ3) is 6.75. The zero-order valence-corrected chi connectivity index (χ0v) is 16.6. The minimum atomic E-state index is -3.09. The lowest BCUT2D eigenvalue weighted by Crippen LogP contribution is -2.47. The molecule has 0 aromatic heterocycles. The highest BCUT2D eigenvalue weighted by Gasteiger charge is 2.29. The molecule has 146 valence electrons. The Morgan fingerprint density at radius 2 is 1.60 bits per heavy atom. The molecule has 0 atom stereocenters. The first-order chi connectivity index (χ1) is 11.8. The average molecular weight is 376 g/mol. The Balaban J connectivity index is 1.65. The fraction of sp³-hybridized carbons (Fsp3) is 0.941. The van der Waals surface area contributed by atoms with Gasteiger partial charge in [0.2, 0.25) is 10.0 Å². The zero-order chi connectivity index (χ0) is 18.4. The van der Waals surface area contributed by atoms with Gasteiger partial charge in [-0.1, -0.05) is 13.8 Å². The summed E-state index contributed by atoms with van der Waals surface area (Å²) in [7, 11) is -3.09. The maximum atomic E-state index is 12.1. The Kier molecular flexibility index (Phi) is 7.51. The van der Waals surface area contributed by atoms with Gasteiger partial charge in [0.1, 0.15) is 0 Å². The number of hydrogen-bond acceptors (Lipinski definition) is 4. The first kappa shape index (κ1) is 20.5. The SMILES string of the molecule is CC(C)CCNC(=O)N1CCC(OC2CCN(S(C)(=O)=O)CC2)CC1. The Morgan fingerprint density at radius 1 is 1.08 bits per heavy atom. The number of urea groups is 1. The topological polar surface area (TPSA) is 79.0 Å². The molecule has 2 aliphatic heterocycles. The second-order valence-corrected chi connectivity index (χ2v) is 9.58. The average Bonchev–Trinajstić information content (AvgIpc) is 2.55. The van der Waals surface area contributed by atoms with Crippen molar-refractivity contribution in [3.8, 4) is 0 Å². The lowest BCUT2D eigenvalue weighted by Gasteiger charge is -2.36. The molecule has 0 aromatic carbocycles. The molecule has 7 nitrogen and oxygen atoms in total. The van der Waals surface area contributed by atoms with Crippen molar-refractivity contribution < 1.29 is 17.9 Å². The maximum Gasteiger partial charge on any atom is 0.317 e. The summed E-state index contributed by atoms with van der Waals surface area (Å²) < 4.78 is 30.8. The fourth-order valence-corrected chi connectivity index (χ4v) is 4.22. The quantitative estimate of drug-likeness (QED) is 0.766. The van der Waals surface area contributed by atoms with Crippen molar-refractivity contribution in [3.63, 3.8) is 0 Å². The van der Waals surface area contributed by atoms with Gasteiger partial charge in [-0.25, -0.2) is 17.5 Å². The largest absolute Gasteiger partial charge is 0.375 e. The van der Waals surface area contributed by atoms with Crippen molar-refractivity contribution in [1.29, 1.82) is 0 Å². The van der Waals surface area contributed by atoms with E-state index in [1.807, 2.05) is 4.90 Å². The van der Waals surface area contributed by atoms with E-state index >= 15 is 0 Å². The van der Waals surface area contributed by atoms with Gasteiger partial charge in [0.15, 0.2) is 0 Å². The molecule has 0 aliphatic carbocycles. The third-order valence-corrected chi connectivity index (χ3v) is 6.29. The van der Waals surface area contributed by atoms with E-state index < -0.39 is 10.0 Å². The summed E-state index contributed by atoms with van der Waals surface area (Å²) in [5.41, 5.74) is 0. The minimum absolute atomic E-state index is 0.0283. The van der Waals surface area contributed by atoms with Crippen LogP contribution in [0.25, 0.3) is 0 Å². The predicted molar refractivity (Wildman–Crippen MR) is 98.0 cm³/mol. The van der Waals surface area contributed by atoms with E-state index in [-0.39, 0.29) is 18.2 Å². The van der Waals surface area contributed by atoms with Crippen molar-refractivity contribution in [1.82, 2.24) is 14.5 Å². The molecule has 0 bridgehead atoms. The second kappa shape index (κ2) is 9.19. The second-order valence-electron chi connectivity index (χ2n) is 7.60. The number of rotatable bonds is 6. The predicted octanol–water partition coefficient (Wildman–Crippen LogP) is 1.65. The number of amides is 2. The van der Waals surface area contributed by atoms with Gasteiger partial charge >= 0.3 is 6.03 Å². The highest BCUT2D eigenvalue weighted by atomic mass is 32.2. The van der Waals surface area contributed by atoms with Gasteiger partial charge < -0.3 is 15.0 Å². The highest BCUT2D eigenvalue weighted by molar-refractivity contribution is 7.88. The van der Waals surface area contributed by atoms with Crippen LogP contribution in [0.15, 0.2) is 0 Å². The molecule has 0 unspecified atom stereocenters. The van der Waals surface area contributed by atoms with E-state index in [0.29, 0.717) is 19.0 Å². The molecule has 2 fully saturated rings. The van der Waals surface area contributed by atoms with E-state index in [1.165, 1.54) is 10.6 Å². The van der Waals surface area contributed by atoms with Crippen LogP contribution in [0, 0.1) is 5.92 Å². The van der Waals surface area contributed by atoms with Crippen LogP contribution in [0.3, 0.4) is 0 Å². The van der Waals surface area contributed by atoms with Gasteiger partial charge in [0, 0.05) is 32.7 Å². The molecule has 8 heteroatoms. The van der Waals surface area contributed by atoms with Crippen LogP contribution < -0.4 is 5.32 Å². The molecular formula is C17H33N3O4S. The number of piperidine rings is 2. The molecule has 2 saturated heterocycles. The Labute approximate surface area is 152 Å². The molecule has 0 saturated carbocycles. The number of sulfonamides is 1. The van der Waals surface area contributed by atoms with E-state index in [2.05, 4.69) is 19.2 Å². The number of carbonyl (C=O) groups excluding carboxylic acids is 1. The lowest BCUT2D eigenvalue weighted by atomic mass is 10.1.